The summed E-state index contributed by atoms with van der Waals surface area (Å²) < 4.78 is 0. The molecule has 8 nitrogen and oxygen atoms in total. The van der Waals surface area contributed by atoms with Crippen LogP contribution in [-0.4, -0.2) is 59.3 Å². The summed E-state index contributed by atoms with van der Waals surface area (Å²) in [5.41, 5.74) is 3.57. The normalized spacial score (nSPS) is 13.9. The van der Waals surface area contributed by atoms with Gasteiger partial charge in [-0.05, 0) is 28.8 Å². The second kappa shape index (κ2) is 10.7. The van der Waals surface area contributed by atoms with E-state index in [1.54, 1.807) is 29.2 Å². The molecule has 0 unspecified atom stereocenters. The zero-order valence-electron chi connectivity index (χ0n) is 18.7. The van der Waals surface area contributed by atoms with Crippen LogP contribution in [0.5, 0.6) is 0 Å². The Balaban J connectivity index is 1.23. The molecule has 1 saturated heterocycles. The molecule has 0 bridgehead atoms. The number of amides is 2. The van der Waals surface area contributed by atoms with Crippen molar-refractivity contribution in [3.05, 3.63) is 100 Å². The van der Waals surface area contributed by atoms with Crippen molar-refractivity contribution in [1.29, 1.82) is 0 Å². The number of nitro benzene ring substituents is 1. The number of hydrogen-bond acceptors (Lipinski definition) is 5. The highest BCUT2D eigenvalue weighted by atomic mass is 16.6. The number of nitro groups is 1. The summed E-state index contributed by atoms with van der Waals surface area (Å²) >= 11 is 0. The lowest BCUT2D eigenvalue weighted by Gasteiger charge is -2.34. The number of piperazine rings is 1. The molecule has 4 rings (SSSR count). The van der Waals surface area contributed by atoms with Gasteiger partial charge >= 0.3 is 0 Å². The van der Waals surface area contributed by atoms with Gasteiger partial charge in [0, 0.05) is 50.4 Å². The molecule has 0 aliphatic carbocycles. The molecule has 3 aromatic carbocycles. The van der Waals surface area contributed by atoms with Crippen LogP contribution in [0.4, 0.5) is 5.69 Å². The van der Waals surface area contributed by atoms with Gasteiger partial charge in [0.05, 0.1) is 11.5 Å². The van der Waals surface area contributed by atoms with Gasteiger partial charge in [-0.2, -0.15) is 0 Å². The van der Waals surface area contributed by atoms with Crippen LogP contribution in [0, 0.1) is 10.1 Å². The van der Waals surface area contributed by atoms with Crippen molar-refractivity contribution in [2.45, 2.75) is 6.54 Å². The molecule has 0 radical (unpaired) electrons. The van der Waals surface area contributed by atoms with Gasteiger partial charge in [-0.25, -0.2) is 0 Å². The lowest BCUT2D eigenvalue weighted by atomic mass is 10.0. The number of benzene rings is 3. The second-order valence-electron chi connectivity index (χ2n) is 8.21. The average molecular weight is 459 g/mol. The predicted molar refractivity (Wildman–Crippen MR) is 129 cm³/mol. The average Bonchev–Trinajstić information content (AvgIpc) is 2.88. The molecule has 0 atom stereocenters. The Kier molecular flexibility index (Phi) is 7.29. The highest BCUT2D eigenvalue weighted by molar-refractivity contribution is 5.96. The van der Waals surface area contributed by atoms with Crippen molar-refractivity contribution in [3.8, 4) is 11.1 Å². The second-order valence-corrected chi connectivity index (χ2v) is 8.21. The third kappa shape index (κ3) is 5.85. The zero-order valence-corrected chi connectivity index (χ0v) is 18.7. The highest BCUT2D eigenvalue weighted by Gasteiger charge is 2.22. The van der Waals surface area contributed by atoms with Crippen molar-refractivity contribution < 1.29 is 14.5 Å². The van der Waals surface area contributed by atoms with Gasteiger partial charge in [-0.1, -0.05) is 54.6 Å². The predicted octanol–water partition coefficient (Wildman–Crippen LogP) is 3.34. The molecule has 0 aromatic heterocycles. The first-order valence-corrected chi connectivity index (χ1v) is 11.2. The van der Waals surface area contributed by atoms with Gasteiger partial charge < -0.3 is 10.2 Å². The quantitative estimate of drug-likeness (QED) is 0.433. The number of nitrogens with zero attached hydrogens (tertiary/aromatic N) is 3. The molecule has 1 fully saturated rings. The summed E-state index contributed by atoms with van der Waals surface area (Å²) in [6.45, 7) is 2.99. The van der Waals surface area contributed by atoms with E-state index in [2.05, 4.69) is 10.2 Å². The minimum atomic E-state index is -0.397. The van der Waals surface area contributed by atoms with Crippen LogP contribution in [0.2, 0.25) is 0 Å². The number of non-ortho nitro benzene ring substituents is 1. The lowest BCUT2D eigenvalue weighted by molar-refractivity contribution is -0.384. The van der Waals surface area contributed by atoms with E-state index >= 15 is 0 Å². The lowest BCUT2D eigenvalue weighted by Crippen LogP contribution is -2.50. The summed E-state index contributed by atoms with van der Waals surface area (Å²) in [6, 6.07) is 23.8. The molecule has 0 spiro atoms. The first kappa shape index (κ1) is 23.1. The zero-order chi connectivity index (χ0) is 23.9. The molecular formula is C26H26N4O4. The Morgan fingerprint density at radius 3 is 2.21 bits per heavy atom. The molecule has 1 N–H and O–H groups in total. The van der Waals surface area contributed by atoms with Gasteiger partial charge in [0.1, 0.15) is 0 Å². The van der Waals surface area contributed by atoms with Gasteiger partial charge in [0.2, 0.25) is 5.91 Å². The summed E-state index contributed by atoms with van der Waals surface area (Å²) in [4.78, 5) is 39.5. The monoisotopic (exact) mass is 458 g/mol. The first-order chi connectivity index (χ1) is 16.5. The first-order valence-electron chi connectivity index (χ1n) is 11.2. The van der Waals surface area contributed by atoms with Gasteiger partial charge in [0.25, 0.3) is 11.6 Å². The largest absolute Gasteiger partial charge is 0.343 e. The van der Waals surface area contributed by atoms with Crippen LogP contribution >= 0.6 is 0 Å². The van der Waals surface area contributed by atoms with E-state index in [9.17, 15) is 19.7 Å². The Bertz CT molecular complexity index is 1160. The fourth-order valence-electron chi connectivity index (χ4n) is 4.00. The molecule has 8 heteroatoms. The van der Waals surface area contributed by atoms with E-state index in [1.807, 2.05) is 48.5 Å². The van der Waals surface area contributed by atoms with Crippen LogP contribution in [0.1, 0.15) is 15.9 Å². The minimum Gasteiger partial charge on any atom is -0.343 e. The van der Waals surface area contributed by atoms with Crippen LogP contribution in [0.15, 0.2) is 78.9 Å². The van der Waals surface area contributed by atoms with E-state index in [0.29, 0.717) is 38.3 Å². The Hall–Kier alpha value is -4.04. The molecule has 0 saturated carbocycles. The number of carbonyl (C=O) groups excluding carboxylic acids is 2. The number of hydrogen-bond donors (Lipinski definition) is 1. The Morgan fingerprint density at radius 1 is 0.853 bits per heavy atom. The molecule has 1 aliphatic heterocycles. The summed E-state index contributed by atoms with van der Waals surface area (Å²) in [5.74, 6) is -0.401. The highest BCUT2D eigenvalue weighted by Crippen LogP contribution is 2.19. The minimum absolute atomic E-state index is 0.0514. The maximum absolute atomic E-state index is 12.6. The maximum Gasteiger partial charge on any atom is 0.269 e. The number of carbonyl (C=O) groups is 2. The van der Waals surface area contributed by atoms with E-state index < -0.39 is 4.92 Å². The van der Waals surface area contributed by atoms with Gasteiger partial charge in [-0.15, -0.1) is 0 Å². The van der Waals surface area contributed by atoms with Crippen molar-refractivity contribution in [1.82, 2.24) is 15.1 Å². The van der Waals surface area contributed by atoms with E-state index in [-0.39, 0.29) is 24.0 Å². The maximum atomic E-state index is 12.6. The number of nitrogens with one attached hydrogen (secondary N) is 1. The van der Waals surface area contributed by atoms with Crippen LogP contribution in [0.25, 0.3) is 11.1 Å². The van der Waals surface area contributed by atoms with Crippen molar-refractivity contribution in [3.63, 3.8) is 0 Å². The van der Waals surface area contributed by atoms with Crippen molar-refractivity contribution in [2.24, 2.45) is 0 Å². The van der Waals surface area contributed by atoms with E-state index in [1.165, 1.54) is 6.07 Å². The van der Waals surface area contributed by atoms with Crippen LogP contribution in [-0.2, 0) is 11.3 Å². The van der Waals surface area contributed by atoms with Crippen LogP contribution in [0.3, 0.4) is 0 Å². The van der Waals surface area contributed by atoms with Gasteiger partial charge in [-0.3, -0.25) is 24.6 Å². The molecule has 1 heterocycles. The fraction of sp³-hybridized carbons (Fsp3) is 0.231. The molecule has 2 amide bonds. The molecule has 1 aliphatic rings. The fourth-order valence-corrected chi connectivity index (χ4v) is 4.00. The molecule has 3 aromatic rings. The van der Waals surface area contributed by atoms with Crippen molar-refractivity contribution >= 4 is 17.5 Å². The topological polar surface area (TPSA) is 95.8 Å². The summed E-state index contributed by atoms with van der Waals surface area (Å²) in [6.07, 6.45) is 0. The van der Waals surface area contributed by atoms with E-state index in [0.717, 1.165) is 16.7 Å². The molecule has 34 heavy (non-hydrogen) atoms. The Labute approximate surface area is 198 Å². The Morgan fingerprint density at radius 2 is 1.53 bits per heavy atom. The van der Waals surface area contributed by atoms with Crippen LogP contribution < -0.4 is 5.32 Å². The van der Waals surface area contributed by atoms with Crippen molar-refractivity contribution in [2.75, 3.05) is 32.7 Å². The number of rotatable bonds is 7. The molecular weight excluding hydrogens is 432 g/mol. The summed E-state index contributed by atoms with van der Waals surface area (Å²) in [7, 11) is 0. The smallest absolute Gasteiger partial charge is 0.269 e. The third-order valence-electron chi connectivity index (χ3n) is 5.91. The SMILES string of the molecule is O=C(NCC(=O)N1CCN(Cc2cccc([N+](=O)[O-])c2)CC1)c1ccc(-c2ccccc2)cc1. The summed E-state index contributed by atoms with van der Waals surface area (Å²) in [5, 5.41) is 13.7. The third-order valence-corrected chi connectivity index (χ3v) is 5.91. The van der Waals surface area contributed by atoms with E-state index in [4.69, 9.17) is 0 Å². The molecule has 174 valence electrons. The van der Waals surface area contributed by atoms with Gasteiger partial charge in [0.15, 0.2) is 0 Å². The standard InChI is InChI=1S/C26H26N4O4/c31-25(18-27-26(32)23-11-9-22(10-12-23)21-6-2-1-3-7-21)29-15-13-28(14-16-29)19-20-5-4-8-24(17-20)30(33)34/h1-12,17H,13-16,18-19H2,(H,27,32).